The van der Waals surface area contributed by atoms with Gasteiger partial charge in [-0.25, -0.2) is 4.79 Å². The fraction of sp³-hybridized carbons (Fsp3) is 0.412. The van der Waals surface area contributed by atoms with Gasteiger partial charge in [0, 0.05) is 0 Å². The Bertz CT molecular complexity index is 661. The summed E-state index contributed by atoms with van der Waals surface area (Å²) in [6.45, 7) is 5.28. The number of rotatable bonds is 6. The molecule has 0 spiro atoms. The molecule has 6 nitrogen and oxygen atoms in total. The normalized spacial score (nSPS) is 11.3. The van der Waals surface area contributed by atoms with Crippen molar-refractivity contribution in [2.24, 2.45) is 0 Å². The van der Waals surface area contributed by atoms with Crippen LogP contribution in [-0.2, 0) is 19.1 Å². The number of hydrogen-bond donors (Lipinski definition) is 0. The van der Waals surface area contributed by atoms with E-state index in [0.29, 0.717) is 5.69 Å². The molecule has 0 saturated heterocycles. The number of esters is 1. The van der Waals surface area contributed by atoms with Gasteiger partial charge in [-0.1, -0.05) is 30.0 Å². The van der Waals surface area contributed by atoms with Crippen LogP contribution in [0.25, 0.3) is 0 Å². The number of benzene rings is 1. The molecule has 24 heavy (non-hydrogen) atoms. The number of ether oxygens (including phenoxy) is 1. The Hall–Kier alpha value is -2.33. The summed E-state index contributed by atoms with van der Waals surface area (Å²) in [5, 5.41) is 8.14. The molecule has 1 atom stereocenters. The van der Waals surface area contributed by atoms with E-state index in [4.69, 9.17) is 10.00 Å². The van der Waals surface area contributed by atoms with Crippen molar-refractivity contribution in [3.05, 3.63) is 29.3 Å². The first kappa shape index (κ1) is 19.7. The van der Waals surface area contributed by atoms with E-state index in [1.807, 2.05) is 32.0 Å². The molecule has 1 amide bonds. The maximum Gasteiger partial charge on any atom is 0.328 e. The van der Waals surface area contributed by atoms with E-state index in [0.717, 1.165) is 22.9 Å². The Morgan fingerprint density at radius 1 is 1.29 bits per heavy atom. The van der Waals surface area contributed by atoms with E-state index in [1.165, 1.54) is 12.0 Å². The van der Waals surface area contributed by atoms with Crippen molar-refractivity contribution in [3.8, 4) is 6.07 Å². The molecule has 0 fully saturated rings. The summed E-state index contributed by atoms with van der Waals surface area (Å²) in [7, 11) is 1.26. The molecule has 7 heteroatoms. The van der Waals surface area contributed by atoms with Gasteiger partial charge in [0.15, 0.2) is 0 Å². The van der Waals surface area contributed by atoms with E-state index in [1.54, 1.807) is 13.0 Å². The predicted octanol–water partition coefficient (Wildman–Crippen LogP) is 2.37. The Kier molecular flexibility index (Phi) is 7.46. The minimum Gasteiger partial charge on any atom is -0.467 e. The number of amides is 1. The number of nitrogens with zero attached hydrogens (tertiary/aromatic N) is 2. The maximum absolute atomic E-state index is 12.7. The van der Waals surface area contributed by atoms with E-state index in [-0.39, 0.29) is 23.2 Å². The molecule has 0 aliphatic rings. The van der Waals surface area contributed by atoms with Gasteiger partial charge in [0.2, 0.25) is 11.0 Å². The molecule has 0 saturated carbocycles. The fourth-order valence-corrected chi connectivity index (χ4v) is 2.91. The molecular weight excluding hydrogens is 328 g/mol. The highest BCUT2D eigenvalue weighted by molar-refractivity contribution is 8.14. The number of thioether (sulfide) groups is 1. The number of methoxy groups -OCH3 is 1. The SMILES string of the molecule is COC(=O)C(C)N(C(=O)CSC(=O)CC#N)c1c(C)cccc1C. The topological polar surface area (TPSA) is 87.5 Å². The first-order valence-electron chi connectivity index (χ1n) is 7.32. The van der Waals surface area contributed by atoms with Gasteiger partial charge in [-0.15, -0.1) is 0 Å². The van der Waals surface area contributed by atoms with Crippen LogP contribution in [0.15, 0.2) is 18.2 Å². The number of hydrogen-bond acceptors (Lipinski definition) is 6. The molecule has 1 unspecified atom stereocenters. The van der Waals surface area contributed by atoms with Gasteiger partial charge in [0.1, 0.15) is 12.5 Å². The van der Waals surface area contributed by atoms with Gasteiger partial charge in [-0.2, -0.15) is 5.26 Å². The lowest BCUT2D eigenvalue weighted by molar-refractivity contribution is -0.142. The van der Waals surface area contributed by atoms with E-state index in [2.05, 4.69) is 0 Å². The van der Waals surface area contributed by atoms with Crippen molar-refractivity contribution in [2.75, 3.05) is 17.8 Å². The molecule has 0 aromatic heterocycles. The smallest absolute Gasteiger partial charge is 0.328 e. The van der Waals surface area contributed by atoms with Crippen molar-refractivity contribution in [1.29, 1.82) is 5.26 Å². The van der Waals surface area contributed by atoms with E-state index >= 15 is 0 Å². The van der Waals surface area contributed by atoms with Crippen molar-refractivity contribution in [3.63, 3.8) is 0 Å². The minimum atomic E-state index is -0.825. The number of carbonyl (C=O) groups excluding carboxylic acids is 3. The van der Waals surface area contributed by atoms with Gasteiger partial charge in [0.25, 0.3) is 0 Å². The molecule has 1 rings (SSSR count). The molecule has 0 bridgehead atoms. The first-order valence-corrected chi connectivity index (χ1v) is 8.30. The second-order valence-electron chi connectivity index (χ2n) is 5.20. The lowest BCUT2D eigenvalue weighted by atomic mass is 10.1. The third-order valence-electron chi connectivity index (χ3n) is 3.46. The summed E-state index contributed by atoms with van der Waals surface area (Å²) >= 11 is 0.776. The van der Waals surface area contributed by atoms with Crippen LogP contribution in [-0.4, -0.2) is 35.9 Å². The molecule has 0 aliphatic heterocycles. The third-order valence-corrected chi connectivity index (χ3v) is 4.32. The molecule has 1 aromatic carbocycles. The van der Waals surface area contributed by atoms with Crippen LogP contribution in [0.1, 0.15) is 24.5 Å². The van der Waals surface area contributed by atoms with Gasteiger partial charge in [-0.3, -0.25) is 14.5 Å². The molecule has 1 aromatic rings. The quantitative estimate of drug-likeness (QED) is 0.734. The standard InChI is InChI=1S/C17H20N2O4S/c1-11-6-5-7-12(2)16(11)19(13(3)17(22)23-4)14(20)10-24-15(21)8-9-18/h5-7,13H,8,10H2,1-4H3. The highest BCUT2D eigenvalue weighted by Gasteiger charge is 2.30. The van der Waals surface area contributed by atoms with Crippen LogP contribution < -0.4 is 4.90 Å². The van der Waals surface area contributed by atoms with Crippen LogP contribution in [0.2, 0.25) is 0 Å². The summed E-state index contributed by atoms with van der Waals surface area (Å²) in [4.78, 5) is 37.5. The second kappa shape index (κ2) is 9.08. The van der Waals surface area contributed by atoms with Gasteiger partial charge in [0.05, 0.1) is 24.6 Å². The zero-order chi connectivity index (χ0) is 18.3. The van der Waals surface area contributed by atoms with E-state index in [9.17, 15) is 14.4 Å². The molecular formula is C17H20N2O4S. The number of para-hydroxylation sites is 1. The number of aryl methyl sites for hydroxylation is 2. The zero-order valence-electron chi connectivity index (χ0n) is 14.2. The third kappa shape index (κ3) is 4.83. The highest BCUT2D eigenvalue weighted by Crippen LogP contribution is 2.28. The van der Waals surface area contributed by atoms with Crippen LogP contribution in [0.5, 0.6) is 0 Å². The van der Waals surface area contributed by atoms with Crippen LogP contribution in [0.3, 0.4) is 0 Å². The maximum atomic E-state index is 12.7. The summed E-state index contributed by atoms with van der Waals surface area (Å²) in [5.41, 5.74) is 2.31. The highest BCUT2D eigenvalue weighted by atomic mass is 32.2. The Labute approximate surface area is 145 Å². The summed E-state index contributed by atoms with van der Waals surface area (Å²) in [5.74, 6) is -1.07. The average Bonchev–Trinajstić information content (AvgIpc) is 2.55. The van der Waals surface area contributed by atoms with E-state index < -0.39 is 12.0 Å². The van der Waals surface area contributed by atoms with Gasteiger partial charge < -0.3 is 4.74 Å². The Balaban J connectivity index is 3.15. The van der Waals surface area contributed by atoms with Crippen molar-refractivity contribution >= 4 is 34.4 Å². The second-order valence-corrected chi connectivity index (χ2v) is 6.23. The van der Waals surface area contributed by atoms with Crippen molar-refractivity contribution in [2.45, 2.75) is 33.2 Å². The summed E-state index contributed by atoms with van der Waals surface area (Å²) < 4.78 is 4.76. The predicted molar refractivity (Wildman–Crippen MR) is 92.6 cm³/mol. The number of carbonyl (C=O) groups is 3. The van der Waals surface area contributed by atoms with Crippen molar-refractivity contribution in [1.82, 2.24) is 0 Å². The van der Waals surface area contributed by atoms with Crippen LogP contribution in [0.4, 0.5) is 5.69 Å². The summed E-state index contributed by atoms with van der Waals surface area (Å²) in [6.07, 6.45) is -0.256. The molecule has 0 N–H and O–H groups in total. The van der Waals surface area contributed by atoms with Gasteiger partial charge >= 0.3 is 5.97 Å². The largest absolute Gasteiger partial charge is 0.467 e. The molecule has 0 heterocycles. The van der Waals surface area contributed by atoms with Crippen LogP contribution in [0, 0.1) is 25.2 Å². The Morgan fingerprint density at radius 2 is 1.88 bits per heavy atom. The lowest BCUT2D eigenvalue weighted by Crippen LogP contribution is -2.45. The molecule has 128 valence electrons. The molecule has 0 radical (unpaired) electrons. The minimum absolute atomic E-state index is 0.143. The van der Waals surface area contributed by atoms with Crippen LogP contribution >= 0.6 is 11.8 Å². The average molecular weight is 348 g/mol. The van der Waals surface area contributed by atoms with Crippen molar-refractivity contribution < 1.29 is 19.1 Å². The number of anilines is 1. The Morgan fingerprint density at radius 3 is 2.38 bits per heavy atom. The van der Waals surface area contributed by atoms with Gasteiger partial charge in [-0.05, 0) is 31.9 Å². The monoisotopic (exact) mass is 348 g/mol. The lowest BCUT2D eigenvalue weighted by Gasteiger charge is -2.30. The molecule has 0 aliphatic carbocycles. The fourth-order valence-electron chi connectivity index (χ4n) is 2.32. The first-order chi connectivity index (χ1) is 11.3. The number of nitriles is 1. The summed E-state index contributed by atoms with van der Waals surface area (Å²) in [6, 6.07) is 6.49. The zero-order valence-corrected chi connectivity index (χ0v) is 15.0.